The molecular formula is C24H31N2O4P. The summed E-state index contributed by atoms with van der Waals surface area (Å²) in [6.07, 6.45) is 8.06. The number of unbranched alkanes of at least 4 members (excludes halogenated alkanes) is 3. The van der Waals surface area contributed by atoms with Gasteiger partial charge < -0.3 is 10.2 Å². The number of aromatic nitrogens is 1. The lowest BCUT2D eigenvalue weighted by atomic mass is 9.96. The molecule has 31 heavy (non-hydrogen) atoms. The Balaban J connectivity index is 1.67. The summed E-state index contributed by atoms with van der Waals surface area (Å²) >= 11 is 0. The molecule has 1 heterocycles. The van der Waals surface area contributed by atoms with E-state index in [-0.39, 0.29) is 6.61 Å². The van der Waals surface area contributed by atoms with Crippen LogP contribution in [0.25, 0.3) is 22.0 Å². The highest BCUT2D eigenvalue weighted by atomic mass is 31.1. The van der Waals surface area contributed by atoms with Crippen molar-refractivity contribution in [3.63, 3.8) is 0 Å². The molecule has 3 aromatic rings. The van der Waals surface area contributed by atoms with Gasteiger partial charge in [-0.05, 0) is 41.2 Å². The number of fused-ring (bicyclic) bond motifs is 1. The minimum Gasteiger partial charge on any atom is -0.325 e. The zero-order valence-corrected chi connectivity index (χ0v) is 19.0. The SMILES string of the molecule is CCCCCCc1ccc(-c2ccc(CNCCOO[PH](=O)O)c3ncccc23)cc1. The Labute approximate surface area is 184 Å². The van der Waals surface area contributed by atoms with Crippen molar-refractivity contribution in [2.75, 3.05) is 13.2 Å². The van der Waals surface area contributed by atoms with Crippen molar-refractivity contribution in [1.29, 1.82) is 0 Å². The molecule has 1 aromatic heterocycles. The number of pyridine rings is 1. The lowest BCUT2D eigenvalue weighted by molar-refractivity contribution is -0.205. The predicted molar refractivity (Wildman–Crippen MR) is 125 cm³/mol. The summed E-state index contributed by atoms with van der Waals surface area (Å²) in [5, 5.41) is 4.37. The van der Waals surface area contributed by atoms with Gasteiger partial charge in [0.1, 0.15) is 0 Å². The first-order chi connectivity index (χ1) is 15.2. The van der Waals surface area contributed by atoms with Gasteiger partial charge in [0.05, 0.1) is 12.1 Å². The molecule has 1 unspecified atom stereocenters. The maximum Gasteiger partial charge on any atom is 0.344 e. The van der Waals surface area contributed by atoms with Gasteiger partial charge in [-0.15, -0.1) is 0 Å². The van der Waals surface area contributed by atoms with Crippen LogP contribution in [0.3, 0.4) is 0 Å². The van der Waals surface area contributed by atoms with E-state index in [4.69, 9.17) is 4.89 Å². The first-order valence-corrected chi connectivity index (χ1v) is 12.1. The van der Waals surface area contributed by atoms with Crippen LogP contribution in [0.5, 0.6) is 0 Å². The van der Waals surface area contributed by atoms with Crippen LogP contribution >= 0.6 is 8.25 Å². The van der Waals surface area contributed by atoms with Crippen molar-refractivity contribution in [3.8, 4) is 11.1 Å². The van der Waals surface area contributed by atoms with Gasteiger partial charge in [-0.3, -0.25) is 9.55 Å². The molecule has 1 atom stereocenters. The fourth-order valence-electron chi connectivity index (χ4n) is 3.66. The van der Waals surface area contributed by atoms with Crippen LogP contribution in [0.4, 0.5) is 0 Å². The molecule has 166 valence electrons. The van der Waals surface area contributed by atoms with Crippen molar-refractivity contribution in [2.24, 2.45) is 0 Å². The third kappa shape index (κ3) is 7.23. The van der Waals surface area contributed by atoms with Crippen molar-refractivity contribution < 1.29 is 19.0 Å². The third-order valence-electron chi connectivity index (χ3n) is 5.25. The molecule has 0 amide bonds. The number of nitrogens with one attached hydrogen (secondary N) is 1. The molecule has 2 aromatic carbocycles. The van der Waals surface area contributed by atoms with E-state index >= 15 is 0 Å². The lowest BCUT2D eigenvalue weighted by Gasteiger charge is -2.12. The van der Waals surface area contributed by atoms with Gasteiger partial charge in [0.2, 0.25) is 0 Å². The molecule has 0 bridgehead atoms. The Hall–Kier alpha value is -2.08. The number of nitrogens with zero attached hydrogens (tertiary/aromatic N) is 1. The molecule has 3 rings (SSSR count). The molecule has 0 radical (unpaired) electrons. The van der Waals surface area contributed by atoms with Crippen molar-refractivity contribution >= 4 is 19.2 Å². The Kier molecular flexibility index (Phi) is 9.66. The minimum atomic E-state index is -3.05. The Morgan fingerprint density at radius 1 is 1.06 bits per heavy atom. The van der Waals surface area contributed by atoms with Crippen LogP contribution in [0.2, 0.25) is 0 Å². The molecule has 0 saturated carbocycles. The molecule has 0 saturated heterocycles. The summed E-state index contributed by atoms with van der Waals surface area (Å²) < 4.78 is 14.7. The monoisotopic (exact) mass is 442 g/mol. The number of aryl methyl sites for hydroxylation is 1. The Morgan fingerprint density at radius 2 is 1.90 bits per heavy atom. The molecular weight excluding hydrogens is 411 g/mol. The fourth-order valence-corrected chi connectivity index (χ4v) is 3.85. The second kappa shape index (κ2) is 12.7. The average molecular weight is 442 g/mol. The van der Waals surface area contributed by atoms with E-state index in [1.54, 1.807) is 0 Å². The largest absolute Gasteiger partial charge is 0.344 e. The Bertz CT molecular complexity index is 979. The van der Waals surface area contributed by atoms with E-state index in [0.717, 1.165) is 22.9 Å². The molecule has 7 heteroatoms. The van der Waals surface area contributed by atoms with Gasteiger partial charge in [0, 0.05) is 24.7 Å². The van der Waals surface area contributed by atoms with Crippen molar-refractivity contribution in [3.05, 3.63) is 65.9 Å². The molecule has 0 aliphatic heterocycles. The number of benzene rings is 2. The highest BCUT2D eigenvalue weighted by Crippen LogP contribution is 2.30. The zero-order chi connectivity index (χ0) is 21.9. The standard InChI is InChI=1S/C24H31N2O4P/c1-2-3-4-5-7-19-9-11-20(12-10-19)22-14-13-21(24-23(22)8-6-15-26-24)18-25-16-17-29-30-31(27)28/h6,8-15,25,31H,2-5,7,16-18H2,1H3,(H,27,28). The molecule has 0 aliphatic rings. The summed E-state index contributed by atoms with van der Waals surface area (Å²) in [4.78, 5) is 17.8. The molecule has 0 aliphatic carbocycles. The third-order valence-corrected chi connectivity index (χ3v) is 5.51. The second-order valence-corrected chi connectivity index (χ2v) is 8.23. The van der Waals surface area contributed by atoms with Crippen LogP contribution in [-0.4, -0.2) is 23.0 Å². The summed E-state index contributed by atoms with van der Waals surface area (Å²) in [5.41, 5.74) is 5.81. The van der Waals surface area contributed by atoms with E-state index < -0.39 is 8.25 Å². The quantitative estimate of drug-likeness (QED) is 0.159. The number of hydrogen-bond donors (Lipinski definition) is 2. The van der Waals surface area contributed by atoms with E-state index in [0.29, 0.717) is 13.1 Å². The van der Waals surface area contributed by atoms with Crippen LogP contribution in [0.15, 0.2) is 54.7 Å². The normalized spacial score (nSPS) is 12.3. The topological polar surface area (TPSA) is 80.7 Å². The summed E-state index contributed by atoms with van der Waals surface area (Å²) in [6, 6.07) is 17.2. The maximum atomic E-state index is 10.4. The van der Waals surface area contributed by atoms with Gasteiger partial charge in [-0.1, -0.05) is 68.7 Å². The smallest absolute Gasteiger partial charge is 0.325 e. The fraction of sp³-hybridized carbons (Fsp3) is 0.375. The number of hydrogen-bond acceptors (Lipinski definition) is 5. The zero-order valence-electron chi connectivity index (χ0n) is 18.0. The minimum absolute atomic E-state index is 0.186. The van der Waals surface area contributed by atoms with Gasteiger partial charge in [0.25, 0.3) is 0 Å². The van der Waals surface area contributed by atoms with E-state index in [1.165, 1.54) is 42.4 Å². The molecule has 6 nitrogen and oxygen atoms in total. The molecule has 2 N–H and O–H groups in total. The second-order valence-electron chi connectivity index (χ2n) is 7.53. The first kappa shape index (κ1) is 23.6. The van der Waals surface area contributed by atoms with Crippen LogP contribution in [0, 0.1) is 0 Å². The van der Waals surface area contributed by atoms with Crippen LogP contribution in [-0.2, 0) is 27.1 Å². The highest BCUT2D eigenvalue weighted by Gasteiger charge is 2.09. The van der Waals surface area contributed by atoms with Crippen molar-refractivity contribution in [2.45, 2.75) is 45.6 Å². The number of rotatable bonds is 13. The molecule has 0 fully saturated rings. The van der Waals surface area contributed by atoms with Gasteiger partial charge >= 0.3 is 8.25 Å². The summed E-state index contributed by atoms with van der Waals surface area (Å²) in [6.45, 7) is 3.53. The van der Waals surface area contributed by atoms with E-state index in [1.807, 2.05) is 12.3 Å². The average Bonchev–Trinajstić information content (AvgIpc) is 2.79. The van der Waals surface area contributed by atoms with Crippen LogP contribution < -0.4 is 5.32 Å². The highest BCUT2D eigenvalue weighted by molar-refractivity contribution is 7.31. The van der Waals surface area contributed by atoms with Gasteiger partial charge in [-0.2, -0.15) is 4.67 Å². The predicted octanol–water partition coefficient (Wildman–Crippen LogP) is 5.44. The van der Waals surface area contributed by atoms with Gasteiger partial charge in [0.15, 0.2) is 0 Å². The molecule has 0 spiro atoms. The Morgan fingerprint density at radius 3 is 2.68 bits per heavy atom. The lowest BCUT2D eigenvalue weighted by Crippen LogP contribution is -2.19. The van der Waals surface area contributed by atoms with E-state index in [2.05, 4.69) is 69.3 Å². The maximum absolute atomic E-state index is 10.4. The van der Waals surface area contributed by atoms with Crippen molar-refractivity contribution in [1.82, 2.24) is 10.3 Å². The summed E-state index contributed by atoms with van der Waals surface area (Å²) in [7, 11) is -3.05. The van der Waals surface area contributed by atoms with E-state index in [9.17, 15) is 4.57 Å². The summed E-state index contributed by atoms with van der Waals surface area (Å²) in [5.74, 6) is 0. The van der Waals surface area contributed by atoms with Crippen LogP contribution in [0.1, 0.15) is 43.7 Å². The first-order valence-electron chi connectivity index (χ1n) is 10.9. The van der Waals surface area contributed by atoms with Gasteiger partial charge in [-0.25, -0.2) is 4.89 Å².